The molecule has 1 atom stereocenters. The maximum Gasteiger partial charge on any atom is 0.235 e. The average molecular weight is 139 g/mol. The Labute approximate surface area is 59.1 Å². The number of alkyl halides is 1. The summed E-state index contributed by atoms with van der Waals surface area (Å²) in [4.78, 5) is 0. The maximum absolute atomic E-state index is 11.8. The molecule has 1 aromatic rings. The van der Waals surface area contributed by atoms with Crippen LogP contribution in [0, 0.1) is 0 Å². The van der Waals surface area contributed by atoms with Crippen LogP contribution in [0.4, 0.5) is 4.39 Å². The third-order valence-electron chi connectivity index (χ3n) is 1.24. The highest BCUT2D eigenvalue weighted by Crippen LogP contribution is 2.03. The first-order valence-electron chi connectivity index (χ1n) is 3.13. The molecular weight excluding hydrogens is 131 g/mol. The Kier molecular flexibility index (Phi) is 2.40. The van der Waals surface area contributed by atoms with Crippen LogP contribution in [0.1, 0.15) is 5.56 Å². The minimum absolute atomic E-state index is 0.0269. The van der Waals surface area contributed by atoms with E-state index in [1.54, 1.807) is 24.3 Å². The molecule has 0 N–H and O–H groups in total. The monoisotopic (exact) mass is 139 g/mol. The van der Waals surface area contributed by atoms with Crippen molar-refractivity contribution in [3.05, 3.63) is 35.9 Å². The lowest BCUT2D eigenvalue weighted by molar-refractivity contribution is -0.0210. The standard InChI is InChI=1S/C8H8FO/c9-8(10)6-7-4-2-1-3-5-7/h1-5,8H,6H2. The summed E-state index contributed by atoms with van der Waals surface area (Å²) in [6, 6.07) is 8.89. The predicted octanol–water partition coefficient (Wildman–Crippen LogP) is 1.96. The van der Waals surface area contributed by atoms with Gasteiger partial charge in [-0.25, -0.2) is 4.39 Å². The third-order valence-corrected chi connectivity index (χ3v) is 1.24. The number of hydrogen-bond donors (Lipinski definition) is 0. The van der Waals surface area contributed by atoms with Gasteiger partial charge in [0.15, 0.2) is 0 Å². The van der Waals surface area contributed by atoms with E-state index in [1.807, 2.05) is 6.07 Å². The van der Waals surface area contributed by atoms with E-state index in [4.69, 9.17) is 0 Å². The number of hydrogen-bond acceptors (Lipinski definition) is 0. The van der Waals surface area contributed by atoms with Crippen molar-refractivity contribution in [1.82, 2.24) is 0 Å². The van der Waals surface area contributed by atoms with Gasteiger partial charge in [0.25, 0.3) is 0 Å². The van der Waals surface area contributed by atoms with Crippen LogP contribution in [0.2, 0.25) is 0 Å². The second-order valence-corrected chi connectivity index (χ2v) is 2.10. The molecule has 0 aromatic heterocycles. The number of rotatable bonds is 2. The summed E-state index contributed by atoms with van der Waals surface area (Å²) in [5.41, 5.74) is 0.755. The molecule has 0 aliphatic rings. The molecular formula is C8H8FO. The van der Waals surface area contributed by atoms with Gasteiger partial charge in [-0.1, -0.05) is 30.3 Å². The topological polar surface area (TPSA) is 19.9 Å². The maximum atomic E-state index is 11.8. The van der Waals surface area contributed by atoms with Crippen LogP contribution in [0.3, 0.4) is 0 Å². The van der Waals surface area contributed by atoms with Gasteiger partial charge in [-0.05, 0) is 5.56 Å². The smallest absolute Gasteiger partial charge is 0.213 e. The first-order valence-corrected chi connectivity index (χ1v) is 3.13. The van der Waals surface area contributed by atoms with Gasteiger partial charge in [-0.3, -0.25) is 0 Å². The van der Waals surface area contributed by atoms with Crippen molar-refractivity contribution in [3.63, 3.8) is 0 Å². The minimum atomic E-state index is -1.98. The Morgan fingerprint density at radius 3 is 2.40 bits per heavy atom. The second kappa shape index (κ2) is 3.32. The molecule has 1 aromatic carbocycles. The lowest BCUT2D eigenvalue weighted by Crippen LogP contribution is -1.99. The van der Waals surface area contributed by atoms with Crippen LogP contribution in [-0.4, -0.2) is 6.36 Å². The van der Waals surface area contributed by atoms with Crippen LogP contribution in [0.5, 0.6) is 0 Å². The molecule has 1 rings (SSSR count). The molecule has 0 aliphatic heterocycles. The van der Waals surface area contributed by atoms with E-state index >= 15 is 0 Å². The van der Waals surface area contributed by atoms with E-state index in [2.05, 4.69) is 0 Å². The van der Waals surface area contributed by atoms with E-state index < -0.39 is 6.36 Å². The largest absolute Gasteiger partial charge is 0.235 e. The van der Waals surface area contributed by atoms with E-state index in [0.717, 1.165) is 5.56 Å². The van der Waals surface area contributed by atoms with Gasteiger partial charge >= 0.3 is 0 Å². The fraction of sp³-hybridized carbons (Fsp3) is 0.250. The fourth-order valence-corrected chi connectivity index (χ4v) is 0.799. The minimum Gasteiger partial charge on any atom is -0.213 e. The molecule has 0 heterocycles. The lowest BCUT2D eigenvalue weighted by atomic mass is 10.2. The molecule has 0 amide bonds. The molecule has 0 spiro atoms. The van der Waals surface area contributed by atoms with Gasteiger partial charge in [0.05, 0.1) is 0 Å². The molecule has 2 heteroatoms. The molecule has 1 nitrogen and oxygen atoms in total. The molecule has 1 unspecified atom stereocenters. The van der Waals surface area contributed by atoms with Crippen molar-refractivity contribution in [2.45, 2.75) is 12.8 Å². The molecule has 10 heavy (non-hydrogen) atoms. The summed E-state index contributed by atoms with van der Waals surface area (Å²) in [7, 11) is 0. The van der Waals surface area contributed by atoms with E-state index in [0.29, 0.717) is 0 Å². The predicted molar refractivity (Wildman–Crippen MR) is 35.7 cm³/mol. The molecule has 53 valence electrons. The summed E-state index contributed by atoms with van der Waals surface area (Å²) in [6.45, 7) is 0. The van der Waals surface area contributed by atoms with E-state index in [-0.39, 0.29) is 6.42 Å². The Morgan fingerprint density at radius 1 is 1.30 bits per heavy atom. The van der Waals surface area contributed by atoms with Gasteiger partial charge in [0.1, 0.15) is 0 Å². The molecule has 0 saturated carbocycles. The summed E-state index contributed by atoms with van der Waals surface area (Å²) in [5, 5.41) is 10.0. The number of benzene rings is 1. The first kappa shape index (κ1) is 7.22. The van der Waals surface area contributed by atoms with Crippen molar-refractivity contribution < 1.29 is 9.50 Å². The quantitative estimate of drug-likeness (QED) is 0.596. The molecule has 0 fully saturated rings. The Hall–Kier alpha value is -0.890. The molecule has 1 radical (unpaired) electrons. The molecule has 0 saturated heterocycles. The van der Waals surface area contributed by atoms with Crippen molar-refractivity contribution in [2.24, 2.45) is 0 Å². The zero-order valence-electron chi connectivity index (χ0n) is 5.46. The van der Waals surface area contributed by atoms with Crippen LogP contribution in [0.25, 0.3) is 0 Å². The highest BCUT2D eigenvalue weighted by atomic mass is 19.1. The second-order valence-electron chi connectivity index (χ2n) is 2.10. The molecule has 0 bridgehead atoms. The van der Waals surface area contributed by atoms with Gasteiger partial charge in [-0.2, -0.15) is 5.11 Å². The Bertz CT molecular complexity index is 184. The van der Waals surface area contributed by atoms with Crippen molar-refractivity contribution in [2.75, 3.05) is 0 Å². The van der Waals surface area contributed by atoms with Gasteiger partial charge in [0, 0.05) is 6.42 Å². The Balaban J connectivity index is 2.59. The number of halogens is 1. The highest BCUT2D eigenvalue weighted by molar-refractivity contribution is 5.14. The van der Waals surface area contributed by atoms with Gasteiger partial charge in [0.2, 0.25) is 6.36 Å². The summed E-state index contributed by atoms with van der Waals surface area (Å²) < 4.78 is 11.8. The van der Waals surface area contributed by atoms with Crippen molar-refractivity contribution in [1.29, 1.82) is 0 Å². The molecule has 0 aliphatic carbocycles. The van der Waals surface area contributed by atoms with Crippen molar-refractivity contribution in [3.8, 4) is 0 Å². The zero-order chi connectivity index (χ0) is 7.40. The summed E-state index contributed by atoms with van der Waals surface area (Å²) in [6.07, 6.45) is -2.01. The third kappa shape index (κ3) is 2.15. The fourth-order valence-electron chi connectivity index (χ4n) is 0.799. The average Bonchev–Trinajstić information content (AvgIpc) is 1.88. The highest BCUT2D eigenvalue weighted by Gasteiger charge is 2.01. The zero-order valence-corrected chi connectivity index (χ0v) is 5.46. The van der Waals surface area contributed by atoms with E-state index in [9.17, 15) is 9.50 Å². The lowest BCUT2D eigenvalue weighted by Gasteiger charge is -1.97. The van der Waals surface area contributed by atoms with Crippen LogP contribution >= 0.6 is 0 Å². The summed E-state index contributed by atoms with van der Waals surface area (Å²) >= 11 is 0. The van der Waals surface area contributed by atoms with Crippen molar-refractivity contribution >= 4 is 0 Å². The van der Waals surface area contributed by atoms with Crippen LogP contribution in [0.15, 0.2) is 30.3 Å². The SMILES string of the molecule is [O]C(F)Cc1ccccc1. The van der Waals surface area contributed by atoms with Crippen LogP contribution < -0.4 is 0 Å². The van der Waals surface area contributed by atoms with Gasteiger partial charge < -0.3 is 0 Å². The Morgan fingerprint density at radius 2 is 1.90 bits per heavy atom. The van der Waals surface area contributed by atoms with Gasteiger partial charge in [-0.15, -0.1) is 0 Å². The van der Waals surface area contributed by atoms with Crippen LogP contribution in [-0.2, 0) is 11.5 Å². The normalized spacial score (nSPS) is 13.0. The first-order chi connectivity index (χ1) is 4.79. The van der Waals surface area contributed by atoms with E-state index in [1.165, 1.54) is 0 Å². The summed E-state index contributed by atoms with van der Waals surface area (Å²) in [5.74, 6) is 0.